The Morgan fingerprint density at radius 1 is 1.00 bits per heavy atom. The molecule has 3 unspecified atom stereocenters. The fourth-order valence-electron chi connectivity index (χ4n) is 1.73. The number of hydrogen-bond acceptors (Lipinski definition) is 4. The molecule has 0 aromatic heterocycles. The molecule has 0 heterocycles. The van der Waals surface area contributed by atoms with Crippen LogP contribution in [0.5, 0.6) is 0 Å². The Morgan fingerprint density at radius 2 is 1.50 bits per heavy atom. The second-order valence-electron chi connectivity index (χ2n) is 5.73. The number of rotatable bonds is 8. The topological polar surface area (TPSA) is 76.1 Å². The van der Waals surface area contributed by atoms with E-state index in [1.54, 1.807) is 0 Å². The van der Waals surface area contributed by atoms with Crippen LogP contribution in [0.2, 0.25) is 0 Å². The molecule has 3 atom stereocenters. The van der Waals surface area contributed by atoms with E-state index in [9.17, 15) is 0 Å². The molecule has 0 aliphatic heterocycles. The lowest BCUT2D eigenvalue weighted by Gasteiger charge is -2.31. The van der Waals surface area contributed by atoms with Gasteiger partial charge in [0.1, 0.15) is 0 Å². The Labute approximate surface area is 101 Å². The minimum absolute atomic E-state index is 0.109. The number of nitrogens with two attached hydrogens (primary N) is 2. The minimum atomic E-state index is 0.109. The molecule has 0 fully saturated rings. The zero-order chi connectivity index (χ0) is 12.8. The highest BCUT2D eigenvalue weighted by molar-refractivity contribution is 4.83. The van der Waals surface area contributed by atoms with Crippen molar-refractivity contribution in [2.75, 3.05) is 13.1 Å². The summed E-state index contributed by atoms with van der Waals surface area (Å²) in [5.41, 5.74) is 11.6. The lowest BCUT2D eigenvalue weighted by Crippen LogP contribution is -2.49. The van der Waals surface area contributed by atoms with Crippen molar-refractivity contribution in [1.29, 1.82) is 0 Å². The monoisotopic (exact) mass is 230 g/mol. The SMILES string of the molecule is CC(N)CNC(C)CC(C)(C)NCC(C)N. The van der Waals surface area contributed by atoms with Gasteiger partial charge in [0, 0.05) is 36.8 Å². The maximum absolute atomic E-state index is 5.73. The van der Waals surface area contributed by atoms with Gasteiger partial charge in [0.2, 0.25) is 0 Å². The molecule has 0 bridgehead atoms. The Kier molecular flexibility index (Phi) is 7.15. The molecular weight excluding hydrogens is 200 g/mol. The molecule has 0 radical (unpaired) electrons. The number of nitrogens with one attached hydrogen (secondary N) is 2. The Morgan fingerprint density at radius 3 is 1.94 bits per heavy atom. The molecule has 0 aliphatic carbocycles. The van der Waals surface area contributed by atoms with Gasteiger partial charge in [0.05, 0.1) is 0 Å². The van der Waals surface area contributed by atoms with Gasteiger partial charge < -0.3 is 22.1 Å². The summed E-state index contributed by atoms with van der Waals surface area (Å²) in [7, 11) is 0. The molecule has 0 aliphatic rings. The molecule has 4 nitrogen and oxygen atoms in total. The van der Waals surface area contributed by atoms with Crippen molar-refractivity contribution < 1.29 is 0 Å². The van der Waals surface area contributed by atoms with E-state index in [4.69, 9.17) is 11.5 Å². The van der Waals surface area contributed by atoms with Gasteiger partial charge in [0.25, 0.3) is 0 Å². The summed E-state index contributed by atoms with van der Waals surface area (Å²) in [5, 5.41) is 6.91. The molecule has 0 spiro atoms. The Balaban J connectivity index is 3.85. The van der Waals surface area contributed by atoms with E-state index in [0.717, 1.165) is 19.5 Å². The van der Waals surface area contributed by atoms with Crippen molar-refractivity contribution in [3.05, 3.63) is 0 Å². The highest BCUT2D eigenvalue weighted by Crippen LogP contribution is 2.11. The van der Waals surface area contributed by atoms with Crippen LogP contribution in [0.3, 0.4) is 0 Å². The Bertz CT molecular complexity index is 178. The van der Waals surface area contributed by atoms with E-state index in [-0.39, 0.29) is 17.6 Å². The second-order valence-corrected chi connectivity index (χ2v) is 5.73. The second kappa shape index (κ2) is 7.22. The summed E-state index contributed by atoms with van der Waals surface area (Å²) in [6.07, 6.45) is 1.06. The van der Waals surface area contributed by atoms with Crippen molar-refractivity contribution in [2.45, 2.75) is 64.7 Å². The van der Waals surface area contributed by atoms with E-state index in [1.807, 2.05) is 13.8 Å². The lowest BCUT2D eigenvalue weighted by molar-refractivity contribution is 0.311. The van der Waals surface area contributed by atoms with Crippen molar-refractivity contribution in [3.63, 3.8) is 0 Å². The van der Waals surface area contributed by atoms with Crippen molar-refractivity contribution in [2.24, 2.45) is 11.5 Å². The average molecular weight is 230 g/mol. The molecule has 6 N–H and O–H groups in total. The van der Waals surface area contributed by atoms with Crippen LogP contribution in [0.1, 0.15) is 41.0 Å². The van der Waals surface area contributed by atoms with E-state index in [0.29, 0.717) is 6.04 Å². The third-order valence-corrected chi connectivity index (χ3v) is 2.51. The molecule has 0 aromatic rings. The smallest absolute Gasteiger partial charge is 0.0140 e. The quantitative estimate of drug-likeness (QED) is 0.487. The normalized spacial score (nSPS) is 18.2. The average Bonchev–Trinajstić information content (AvgIpc) is 2.11. The molecule has 0 aromatic carbocycles. The predicted molar refractivity (Wildman–Crippen MR) is 71.5 cm³/mol. The van der Waals surface area contributed by atoms with Gasteiger partial charge in [-0.15, -0.1) is 0 Å². The molecule has 16 heavy (non-hydrogen) atoms. The first-order chi connectivity index (χ1) is 7.23. The number of hydrogen-bond donors (Lipinski definition) is 4. The lowest BCUT2D eigenvalue weighted by atomic mass is 9.95. The first-order valence-electron chi connectivity index (χ1n) is 6.22. The summed E-state index contributed by atoms with van der Waals surface area (Å²) in [6, 6.07) is 0.871. The molecule has 0 amide bonds. The first kappa shape index (κ1) is 15.8. The highest BCUT2D eigenvalue weighted by atomic mass is 15.0. The van der Waals surface area contributed by atoms with Crippen molar-refractivity contribution in [3.8, 4) is 0 Å². The standard InChI is InChI=1S/C12H30N4/c1-9(13)7-15-11(3)6-12(4,5)16-8-10(2)14/h9-11,15-16H,6-8,13-14H2,1-5H3. The predicted octanol–water partition coefficient (Wildman–Crippen LogP) is 0.417. The Hall–Kier alpha value is -0.160. The summed E-state index contributed by atoms with van der Waals surface area (Å²) in [6.45, 7) is 12.4. The molecule has 0 saturated heterocycles. The van der Waals surface area contributed by atoms with Gasteiger partial charge in [-0.25, -0.2) is 0 Å². The van der Waals surface area contributed by atoms with Crippen LogP contribution in [-0.4, -0.2) is 36.8 Å². The van der Waals surface area contributed by atoms with Crippen LogP contribution in [-0.2, 0) is 0 Å². The van der Waals surface area contributed by atoms with E-state index in [2.05, 4.69) is 31.4 Å². The van der Waals surface area contributed by atoms with Gasteiger partial charge >= 0.3 is 0 Å². The fraction of sp³-hybridized carbons (Fsp3) is 1.00. The van der Waals surface area contributed by atoms with E-state index in [1.165, 1.54) is 0 Å². The van der Waals surface area contributed by atoms with Gasteiger partial charge in [-0.2, -0.15) is 0 Å². The third-order valence-electron chi connectivity index (χ3n) is 2.51. The molecule has 0 rings (SSSR count). The van der Waals surface area contributed by atoms with Crippen LogP contribution in [0.25, 0.3) is 0 Å². The molecule has 0 saturated carbocycles. The van der Waals surface area contributed by atoms with Gasteiger partial charge in [-0.05, 0) is 41.0 Å². The highest BCUT2D eigenvalue weighted by Gasteiger charge is 2.20. The summed E-state index contributed by atoms with van der Waals surface area (Å²) < 4.78 is 0. The minimum Gasteiger partial charge on any atom is -0.327 e. The van der Waals surface area contributed by atoms with E-state index < -0.39 is 0 Å². The summed E-state index contributed by atoms with van der Waals surface area (Å²) >= 11 is 0. The summed E-state index contributed by atoms with van der Waals surface area (Å²) in [5.74, 6) is 0. The fourth-order valence-corrected chi connectivity index (χ4v) is 1.73. The molecule has 98 valence electrons. The van der Waals surface area contributed by atoms with Crippen LogP contribution >= 0.6 is 0 Å². The van der Waals surface area contributed by atoms with E-state index >= 15 is 0 Å². The van der Waals surface area contributed by atoms with Gasteiger partial charge in [-0.3, -0.25) is 0 Å². The van der Waals surface area contributed by atoms with Crippen LogP contribution < -0.4 is 22.1 Å². The van der Waals surface area contributed by atoms with Gasteiger partial charge in [-0.1, -0.05) is 0 Å². The maximum Gasteiger partial charge on any atom is 0.0140 e. The third kappa shape index (κ3) is 9.09. The zero-order valence-corrected chi connectivity index (χ0v) is 11.5. The van der Waals surface area contributed by atoms with Crippen molar-refractivity contribution in [1.82, 2.24) is 10.6 Å². The van der Waals surface area contributed by atoms with Crippen LogP contribution in [0.15, 0.2) is 0 Å². The summed E-state index contributed by atoms with van der Waals surface area (Å²) in [4.78, 5) is 0. The zero-order valence-electron chi connectivity index (χ0n) is 11.5. The van der Waals surface area contributed by atoms with Crippen molar-refractivity contribution >= 4 is 0 Å². The van der Waals surface area contributed by atoms with Crippen LogP contribution in [0, 0.1) is 0 Å². The van der Waals surface area contributed by atoms with Crippen LogP contribution in [0.4, 0.5) is 0 Å². The molecular formula is C12H30N4. The maximum atomic E-state index is 5.73. The van der Waals surface area contributed by atoms with Gasteiger partial charge in [0.15, 0.2) is 0 Å². The molecule has 4 heteroatoms. The largest absolute Gasteiger partial charge is 0.327 e. The first-order valence-corrected chi connectivity index (χ1v) is 6.22.